The number of esters is 2. The number of anilines is 1. The van der Waals surface area contributed by atoms with Crippen LogP contribution in [0, 0.1) is 0 Å². The third-order valence-electron chi connectivity index (χ3n) is 3.71. The molecule has 1 aliphatic rings. The van der Waals surface area contributed by atoms with Gasteiger partial charge in [-0.05, 0) is 38.5 Å². The molecule has 8 nitrogen and oxygen atoms in total. The number of hydrogen-bond donors (Lipinski definition) is 1. The smallest absolute Gasteiger partial charge is 0.328 e. The summed E-state index contributed by atoms with van der Waals surface area (Å²) in [7, 11) is 1.29. The van der Waals surface area contributed by atoms with Crippen molar-refractivity contribution >= 4 is 23.5 Å². The van der Waals surface area contributed by atoms with Gasteiger partial charge < -0.3 is 24.8 Å². The predicted octanol–water partition coefficient (Wildman–Crippen LogP) is 1.32. The minimum absolute atomic E-state index is 0.0457. The van der Waals surface area contributed by atoms with Crippen molar-refractivity contribution in [2.24, 2.45) is 5.73 Å². The van der Waals surface area contributed by atoms with Crippen LogP contribution < -0.4 is 15.4 Å². The van der Waals surface area contributed by atoms with E-state index in [0.717, 1.165) is 0 Å². The zero-order valence-corrected chi connectivity index (χ0v) is 15.4. The molecule has 0 bridgehead atoms. The molecule has 1 aromatic rings. The summed E-state index contributed by atoms with van der Waals surface area (Å²) >= 11 is 0. The van der Waals surface area contributed by atoms with Crippen molar-refractivity contribution in [3.8, 4) is 5.75 Å². The second-order valence-corrected chi connectivity index (χ2v) is 6.90. The molecule has 1 amide bonds. The highest BCUT2D eigenvalue weighted by atomic mass is 16.6. The number of ether oxygens (including phenoxy) is 3. The number of nitrogens with two attached hydrogens (primary N) is 1. The molecule has 0 fully saturated rings. The molecule has 2 N–H and O–H groups in total. The number of benzene rings is 1. The van der Waals surface area contributed by atoms with Gasteiger partial charge in [0, 0.05) is 6.54 Å². The van der Waals surface area contributed by atoms with Gasteiger partial charge in [0.1, 0.15) is 17.4 Å². The average molecular weight is 364 g/mol. The van der Waals surface area contributed by atoms with Gasteiger partial charge in [-0.25, -0.2) is 4.79 Å². The molecule has 2 rings (SSSR count). The first-order valence-corrected chi connectivity index (χ1v) is 8.25. The molecule has 1 aromatic carbocycles. The van der Waals surface area contributed by atoms with E-state index in [1.54, 1.807) is 39.0 Å². The maximum absolute atomic E-state index is 12.2. The van der Waals surface area contributed by atoms with Gasteiger partial charge in [-0.1, -0.05) is 6.07 Å². The van der Waals surface area contributed by atoms with Crippen LogP contribution in [0.4, 0.5) is 5.69 Å². The summed E-state index contributed by atoms with van der Waals surface area (Å²) in [6, 6.07) is 3.91. The fraction of sp³-hybridized carbons (Fsp3) is 0.500. The molecule has 142 valence electrons. The van der Waals surface area contributed by atoms with Crippen molar-refractivity contribution in [2.45, 2.75) is 38.8 Å². The Labute approximate surface area is 152 Å². The Hall–Kier alpha value is -2.61. The molecule has 0 radical (unpaired) electrons. The Kier molecular flexibility index (Phi) is 5.86. The largest absolute Gasteiger partial charge is 0.482 e. The van der Waals surface area contributed by atoms with Crippen LogP contribution in [0.3, 0.4) is 0 Å². The zero-order valence-electron chi connectivity index (χ0n) is 15.4. The molecule has 8 heteroatoms. The minimum Gasteiger partial charge on any atom is -0.482 e. The lowest BCUT2D eigenvalue weighted by atomic mass is 10.0. The summed E-state index contributed by atoms with van der Waals surface area (Å²) in [5.41, 5.74) is 6.30. The van der Waals surface area contributed by atoms with Crippen molar-refractivity contribution in [3.63, 3.8) is 0 Å². The second kappa shape index (κ2) is 7.74. The van der Waals surface area contributed by atoms with Crippen molar-refractivity contribution in [1.29, 1.82) is 0 Å². The van der Waals surface area contributed by atoms with E-state index in [2.05, 4.69) is 4.74 Å². The molecular weight excluding hydrogens is 340 g/mol. The number of carbonyl (C=O) groups excluding carboxylic acids is 3. The Morgan fingerprint density at radius 1 is 1.35 bits per heavy atom. The molecular formula is C18H24N2O6. The number of carbonyl (C=O) groups is 3. The fourth-order valence-electron chi connectivity index (χ4n) is 2.46. The SMILES string of the molecule is COC(=O)CCN1C(=O)COc2ccc(C(N)C(=O)OC(C)(C)C)cc21. The molecule has 0 aliphatic carbocycles. The van der Waals surface area contributed by atoms with Gasteiger partial charge >= 0.3 is 11.9 Å². The molecule has 0 spiro atoms. The molecule has 1 aliphatic heterocycles. The third-order valence-corrected chi connectivity index (χ3v) is 3.71. The van der Waals surface area contributed by atoms with E-state index < -0.39 is 23.6 Å². The highest BCUT2D eigenvalue weighted by Gasteiger charge is 2.29. The van der Waals surface area contributed by atoms with Crippen LogP contribution in [0.2, 0.25) is 0 Å². The summed E-state index contributed by atoms with van der Waals surface area (Å²) in [4.78, 5) is 37.2. The lowest BCUT2D eigenvalue weighted by Gasteiger charge is -2.30. The number of nitrogens with zero attached hydrogens (tertiary/aromatic N) is 1. The maximum Gasteiger partial charge on any atom is 0.328 e. The molecule has 0 aromatic heterocycles. The van der Waals surface area contributed by atoms with Gasteiger partial charge in [0.05, 0.1) is 19.2 Å². The average Bonchev–Trinajstić information content (AvgIpc) is 2.57. The standard InChI is InChI=1S/C18H24N2O6/c1-18(2,3)26-17(23)16(19)11-5-6-13-12(9-11)20(14(21)10-25-13)8-7-15(22)24-4/h5-6,9,16H,7-8,10,19H2,1-4H3. The quantitative estimate of drug-likeness (QED) is 0.785. The van der Waals surface area contributed by atoms with Gasteiger partial charge in [-0.2, -0.15) is 0 Å². The van der Waals surface area contributed by atoms with E-state index in [0.29, 0.717) is 17.0 Å². The predicted molar refractivity (Wildman–Crippen MR) is 93.7 cm³/mol. The van der Waals surface area contributed by atoms with Gasteiger partial charge in [-0.15, -0.1) is 0 Å². The summed E-state index contributed by atoms with van der Waals surface area (Å²) in [5, 5.41) is 0. The highest BCUT2D eigenvalue weighted by Crippen LogP contribution is 2.34. The summed E-state index contributed by atoms with van der Waals surface area (Å²) in [6.45, 7) is 5.29. The molecule has 1 unspecified atom stereocenters. The Morgan fingerprint density at radius 2 is 2.04 bits per heavy atom. The van der Waals surface area contributed by atoms with E-state index in [9.17, 15) is 14.4 Å². The highest BCUT2D eigenvalue weighted by molar-refractivity contribution is 5.98. The summed E-state index contributed by atoms with van der Waals surface area (Å²) < 4.78 is 15.3. The van der Waals surface area contributed by atoms with Crippen LogP contribution in [0.15, 0.2) is 18.2 Å². The number of hydrogen-bond acceptors (Lipinski definition) is 7. The lowest BCUT2D eigenvalue weighted by Crippen LogP contribution is -2.40. The van der Waals surface area contributed by atoms with E-state index in [1.807, 2.05) is 0 Å². The summed E-state index contributed by atoms with van der Waals surface area (Å²) in [5.74, 6) is -0.798. The van der Waals surface area contributed by atoms with Gasteiger partial charge in [0.15, 0.2) is 6.61 Å². The molecule has 1 atom stereocenters. The molecule has 1 heterocycles. The van der Waals surface area contributed by atoms with Crippen molar-refractivity contribution < 1.29 is 28.6 Å². The van der Waals surface area contributed by atoms with Crippen molar-refractivity contribution in [3.05, 3.63) is 23.8 Å². The maximum atomic E-state index is 12.2. The number of fused-ring (bicyclic) bond motifs is 1. The van der Waals surface area contributed by atoms with Crippen molar-refractivity contribution in [2.75, 3.05) is 25.2 Å². The van der Waals surface area contributed by atoms with Crippen LogP contribution in [-0.4, -0.2) is 43.7 Å². The third kappa shape index (κ3) is 4.72. The zero-order chi connectivity index (χ0) is 19.5. The molecule has 0 saturated carbocycles. The topological polar surface area (TPSA) is 108 Å². The number of rotatable bonds is 5. The van der Waals surface area contributed by atoms with E-state index in [1.165, 1.54) is 12.0 Å². The minimum atomic E-state index is -1.00. The molecule has 0 saturated heterocycles. The van der Waals surface area contributed by atoms with Gasteiger partial charge in [0.2, 0.25) is 0 Å². The number of amides is 1. The van der Waals surface area contributed by atoms with Crippen LogP contribution in [0.5, 0.6) is 5.75 Å². The normalized spacial score (nSPS) is 15.0. The second-order valence-electron chi connectivity index (χ2n) is 6.90. The Balaban J connectivity index is 2.25. The first-order chi connectivity index (χ1) is 12.1. The van der Waals surface area contributed by atoms with E-state index in [4.69, 9.17) is 15.2 Å². The molecule has 26 heavy (non-hydrogen) atoms. The Bertz CT molecular complexity index is 710. The first-order valence-electron chi connectivity index (χ1n) is 8.25. The monoisotopic (exact) mass is 364 g/mol. The lowest BCUT2D eigenvalue weighted by molar-refractivity contribution is -0.156. The fourth-order valence-corrected chi connectivity index (χ4v) is 2.46. The van der Waals surface area contributed by atoms with E-state index >= 15 is 0 Å². The van der Waals surface area contributed by atoms with Crippen molar-refractivity contribution in [1.82, 2.24) is 0 Å². The van der Waals surface area contributed by atoms with Crippen LogP contribution >= 0.6 is 0 Å². The van der Waals surface area contributed by atoms with Crippen LogP contribution in [0.25, 0.3) is 0 Å². The van der Waals surface area contributed by atoms with Crippen LogP contribution in [0.1, 0.15) is 38.8 Å². The van der Waals surface area contributed by atoms with E-state index in [-0.39, 0.29) is 25.5 Å². The van der Waals surface area contributed by atoms with Gasteiger partial charge in [-0.3, -0.25) is 9.59 Å². The number of methoxy groups -OCH3 is 1. The Morgan fingerprint density at radius 3 is 2.65 bits per heavy atom. The first kappa shape index (κ1) is 19.7. The van der Waals surface area contributed by atoms with Crippen LogP contribution in [-0.2, 0) is 23.9 Å². The van der Waals surface area contributed by atoms with Gasteiger partial charge in [0.25, 0.3) is 5.91 Å². The summed E-state index contributed by atoms with van der Waals surface area (Å²) in [6.07, 6.45) is 0.0457.